The van der Waals surface area contributed by atoms with E-state index in [0.29, 0.717) is 12.3 Å². The summed E-state index contributed by atoms with van der Waals surface area (Å²) >= 11 is 0. The summed E-state index contributed by atoms with van der Waals surface area (Å²) in [7, 11) is 0. The fourth-order valence-corrected chi connectivity index (χ4v) is 1.76. The number of nitrogens with one attached hydrogen (secondary N) is 1. The molecule has 0 saturated heterocycles. The van der Waals surface area contributed by atoms with Crippen molar-refractivity contribution >= 4 is 11.5 Å². The SMILES string of the molecule is Cc1ccc(NCc2nnc3ncccn23)cc1. The molecular formula is C13H13N5. The standard InChI is InChI=1S/C13H13N5/c1-10-3-5-11(6-4-10)15-9-12-16-17-13-14-7-2-8-18(12)13/h2-8,15H,9H2,1H3. The second-order valence-electron chi connectivity index (χ2n) is 4.13. The van der Waals surface area contributed by atoms with Gasteiger partial charge in [0.15, 0.2) is 5.82 Å². The van der Waals surface area contributed by atoms with Gasteiger partial charge in [-0.05, 0) is 25.1 Å². The number of aryl methyl sites for hydroxylation is 1. The van der Waals surface area contributed by atoms with Crippen LogP contribution in [-0.4, -0.2) is 19.6 Å². The molecule has 0 amide bonds. The molecule has 0 spiro atoms. The number of nitrogens with zero attached hydrogens (tertiary/aromatic N) is 4. The molecule has 1 N–H and O–H groups in total. The maximum Gasteiger partial charge on any atom is 0.254 e. The lowest BCUT2D eigenvalue weighted by atomic mass is 10.2. The van der Waals surface area contributed by atoms with Crippen LogP contribution < -0.4 is 5.32 Å². The molecule has 1 aromatic carbocycles. The fraction of sp³-hybridized carbons (Fsp3) is 0.154. The van der Waals surface area contributed by atoms with E-state index in [9.17, 15) is 0 Å². The third-order valence-corrected chi connectivity index (χ3v) is 2.76. The van der Waals surface area contributed by atoms with E-state index in [1.165, 1.54) is 5.56 Å². The van der Waals surface area contributed by atoms with Crippen LogP contribution in [0.4, 0.5) is 5.69 Å². The van der Waals surface area contributed by atoms with Gasteiger partial charge in [0.1, 0.15) is 0 Å². The Labute approximate surface area is 105 Å². The average Bonchev–Trinajstić information content (AvgIpc) is 2.82. The minimum Gasteiger partial charge on any atom is -0.378 e. The van der Waals surface area contributed by atoms with Crippen LogP contribution in [0, 0.1) is 6.92 Å². The maximum absolute atomic E-state index is 4.13. The van der Waals surface area contributed by atoms with Crippen molar-refractivity contribution in [1.29, 1.82) is 0 Å². The zero-order chi connectivity index (χ0) is 12.4. The van der Waals surface area contributed by atoms with Crippen molar-refractivity contribution in [3.05, 3.63) is 54.1 Å². The first-order valence-electron chi connectivity index (χ1n) is 5.78. The molecule has 5 nitrogen and oxygen atoms in total. The number of benzene rings is 1. The Morgan fingerprint density at radius 2 is 2.00 bits per heavy atom. The number of hydrogen-bond donors (Lipinski definition) is 1. The lowest BCUT2D eigenvalue weighted by molar-refractivity contribution is 0.915. The predicted molar refractivity (Wildman–Crippen MR) is 69.3 cm³/mol. The van der Waals surface area contributed by atoms with Crippen LogP contribution in [0.2, 0.25) is 0 Å². The van der Waals surface area contributed by atoms with E-state index < -0.39 is 0 Å². The third kappa shape index (κ3) is 2.02. The molecule has 18 heavy (non-hydrogen) atoms. The summed E-state index contributed by atoms with van der Waals surface area (Å²) < 4.78 is 1.88. The quantitative estimate of drug-likeness (QED) is 0.760. The highest BCUT2D eigenvalue weighted by atomic mass is 15.3. The van der Waals surface area contributed by atoms with Gasteiger partial charge < -0.3 is 5.32 Å². The molecule has 90 valence electrons. The number of aromatic nitrogens is 4. The van der Waals surface area contributed by atoms with Gasteiger partial charge in [-0.15, -0.1) is 10.2 Å². The van der Waals surface area contributed by atoms with E-state index >= 15 is 0 Å². The van der Waals surface area contributed by atoms with Gasteiger partial charge in [-0.25, -0.2) is 4.98 Å². The fourth-order valence-electron chi connectivity index (χ4n) is 1.76. The van der Waals surface area contributed by atoms with Gasteiger partial charge in [-0.3, -0.25) is 4.40 Å². The molecule has 2 aromatic heterocycles. The first kappa shape index (κ1) is 10.7. The molecule has 0 unspecified atom stereocenters. The molecule has 0 atom stereocenters. The first-order chi connectivity index (χ1) is 8.83. The van der Waals surface area contributed by atoms with Crippen molar-refractivity contribution in [3.8, 4) is 0 Å². The summed E-state index contributed by atoms with van der Waals surface area (Å²) in [5, 5.41) is 11.4. The van der Waals surface area contributed by atoms with Gasteiger partial charge in [0.2, 0.25) is 0 Å². The van der Waals surface area contributed by atoms with Gasteiger partial charge in [-0.1, -0.05) is 17.7 Å². The molecule has 0 radical (unpaired) electrons. The van der Waals surface area contributed by atoms with Crippen molar-refractivity contribution in [2.24, 2.45) is 0 Å². The van der Waals surface area contributed by atoms with E-state index in [-0.39, 0.29) is 0 Å². The zero-order valence-corrected chi connectivity index (χ0v) is 10.0. The summed E-state index contributed by atoms with van der Waals surface area (Å²) in [4.78, 5) is 4.13. The molecule has 0 aliphatic rings. The van der Waals surface area contributed by atoms with Crippen LogP contribution in [-0.2, 0) is 6.54 Å². The first-order valence-corrected chi connectivity index (χ1v) is 5.78. The van der Waals surface area contributed by atoms with Crippen LogP contribution in [0.1, 0.15) is 11.4 Å². The zero-order valence-electron chi connectivity index (χ0n) is 10.0. The Hall–Kier alpha value is -2.43. The molecule has 0 fully saturated rings. The van der Waals surface area contributed by atoms with E-state index in [0.717, 1.165) is 11.5 Å². The normalized spacial score (nSPS) is 10.7. The molecule has 0 aliphatic carbocycles. The minimum atomic E-state index is 0.621. The molecule has 0 bridgehead atoms. The van der Waals surface area contributed by atoms with E-state index in [1.54, 1.807) is 6.20 Å². The van der Waals surface area contributed by atoms with E-state index in [1.807, 2.05) is 16.7 Å². The Kier molecular flexibility index (Phi) is 2.64. The molecule has 3 rings (SSSR count). The van der Waals surface area contributed by atoms with Crippen molar-refractivity contribution < 1.29 is 0 Å². The van der Waals surface area contributed by atoms with Crippen LogP contribution in [0.3, 0.4) is 0 Å². The topological polar surface area (TPSA) is 55.1 Å². The van der Waals surface area contributed by atoms with Gasteiger partial charge in [-0.2, -0.15) is 0 Å². The highest BCUT2D eigenvalue weighted by Crippen LogP contribution is 2.10. The summed E-state index contributed by atoms with van der Waals surface area (Å²) in [5.41, 5.74) is 2.32. The van der Waals surface area contributed by atoms with Gasteiger partial charge >= 0.3 is 0 Å². The summed E-state index contributed by atoms with van der Waals surface area (Å²) in [6.45, 7) is 2.69. The lowest BCUT2D eigenvalue weighted by Gasteiger charge is -2.05. The number of rotatable bonds is 3. The van der Waals surface area contributed by atoms with Crippen LogP contribution >= 0.6 is 0 Å². The monoisotopic (exact) mass is 239 g/mol. The maximum atomic E-state index is 4.13. The summed E-state index contributed by atoms with van der Waals surface area (Å²) in [6.07, 6.45) is 3.62. The van der Waals surface area contributed by atoms with E-state index in [4.69, 9.17) is 0 Å². The Morgan fingerprint density at radius 1 is 1.17 bits per heavy atom. The average molecular weight is 239 g/mol. The lowest BCUT2D eigenvalue weighted by Crippen LogP contribution is -2.04. The van der Waals surface area contributed by atoms with Crippen LogP contribution in [0.15, 0.2) is 42.7 Å². The van der Waals surface area contributed by atoms with Gasteiger partial charge in [0, 0.05) is 18.1 Å². The second kappa shape index (κ2) is 4.44. The predicted octanol–water partition coefficient (Wildman–Crippen LogP) is 2.04. The molecular weight excluding hydrogens is 226 g/mol. The van der Waals surface area contributed by atoms with Crippen LogP contribution in [0.5, 0.6) is 0 Å². The largest absolute Gasteiger partial charge is 0.378 e. The van der Waals surface area contributed by atoms with Gasteiger partial charge in [0.25, 0.3) is 5.78 Å². The number of fused-ring (bicyclic) bond motifs is 1. The number of anilines is 1. The second-order valence-corrected chi connectivity index (χ2v) is 4.13. The molecule has 2 heterocycles. The van der Waals surface area contributed by atoms with Crippen molar-refractivity contribution in [3.63, 3.8) is 0 Å². The smallest absolute Gasteiger partial charge is 0.254 e. The summed E-state index contributed by atoms with van der Waals surface area (Å²) in [5.74, 6) is 1.47. The number of hydrogen-bond acceptors (Lipinski definition) is 4. The highest BCUT2D eigenvalue weighted by molar-refractivity contribution is 5.44. The summed E-state index contributed by atoms with van der Waals surface area (Å²) in [6, 6.07) is 10.1. The Morgan fingerprint density at radius 3 is 2.83 bits per heavy atom. The minimum absolute atomic E-state index is 0.621. The van der Waals surface area contributed by atoms with Crippen molar-refractivity contribution in [2.75, 3.05) is 5.32 Å². The molecule has 0 saturated carbocycles. The third-order valence-electron chi connectivity index (χ3n) is 2.76. The van der Waals surface area contributed by atoms with E-state index in [2.05, 4.69) is 51.7 Å². The molecule has 3 aromatic rings. The highest BCUT2D eigenvalue weighted by Gasteiger charge is 2.04. The molecule has 5 heteroatoms. The van der Waals surface area contributed by atoms with Gasteiger partial charge in [0.05, 0.1) is 6.54 Å². The molecule has 0 aliphatic heterocycles. The Balaban J connectivity index is 1.79. The Bertz CT molecular complexity index is 656. The van der Waals surface area contributed by atoms with Crippen molar-refractivity contribution in [1.82, 2.24) is 19.6 Å². The van der Waals surface area contributed by atoms with Crippen LogP contribution in [0.25, 0.3) is 5.78 Å². The van der Waals surface area contributed by atoms with Crippen molar-refractivity contribution in [2.45, 2.75) is 13.5 Å².